The Labute approximate surface area is 131 Å². The van der Waals surface area contributed by atoms with Crippen molar-refractivity contribution in [2.24, 2.45) is 11.8 Å². The largest absolute Gasteiger partial charge is 0.459 e. The minimum absolute atomic E-state index is 0.777. The van der Waals surface area contributed by atoms with Crippen LogP contribution in [0.5, 0.6) is 0 Å². The molecule has 4 atom stereocenters. The van der Waals surface area contributed by atoms with Crippen molar-refractivity contribution in [2.45, 2.75) is 45.3 Å². The Balaban J connectivity index is 1.48. The van der Waals surface area contributed by atoms with Crippen molar-refractivity contribution < 1.29 is 4.42 Å². The highest BCUT2D eigenvalue weighted by atomic mass is 16.3. The van der Waals surface area contributed by atoms with Crippen LogP contribution in [-0.4, -0.2) is 30.1 Å². The molecule has 2 aromatic rings. The Bertz CT molecular complexity index is 716. The van der Waals surface area contributed by atoms with Crippen LogP contribution >= 0.6 is 0 Å². The summed E-state index contributed by atoms with van der Waals surface area (Å²) >= 11 is 0. The molecule has 1 aromatic carbocycles. The minimum atomic E-state index is 0.777. The van der Waals surface area contributed by atoms with Crippen LogP contribution in [0.15, 0.2) is 22.6 Å². The van der Waals surface area contributed by atoms with E-state index in [9.17, 15) is 0 Å². The average Bonchev–Trinajstić information content (AvgIpc) is 3.23. The molecule has 1 N–H and O–H groups in total. The van der Waals surface area contributed by atoms with Gasteiger partial charge >= 0.3 is 0 Å². The molecule has 4 heterocycles. The molecule has 3 saturated heterocycles. The van der Waals surface area contributed by atoms with Crippen molar-refractivity contribution in [2.75, 3.05) is 13.1 Å². The van der Waals surface area contributed by atoms with Crippen molar-refractivity contribution in [1.29, 1.82) is 0 Å². The predicted molar refractivity (Wildman–Crippen MR) is 87.9 cm³/mol. The van der Waals surface area contributed by atoms with Crippen LogP contribution in [0.1, 0.15) is 29.7 Å². The highest BCUT2D eigenvalue weighted by molar-refractivity contribution is 5.82. The monoisotopic (exact) mass is 296 g/mol. The van der Waals surface area contributed by atoms with E-state index in [1.807, 2.05) is 0 Å². The maximum atomic E-state index is 6.21. The lowest BCUT2D eigenvalue weighted by molar-refractivity contribution is 0.203. The fourth-order valence-corrected chi connectivity index (χ4v) is 5.34. The molecule has 4 unspecified atom stereocenters. The first-order chi connectivity index (χ1) is 10.7. The molecule has 5 rings (SSSR count). The molecule has 0 saturated carbocycles. The molecular weight excluding hydrogens is 272 g/mol. The van der Waals surface area contributed by atoms with Crippen molar-refractivity contribution >= 4 is 11.0 Å². The Hall–Kier alpha value is -1.32. The number of fused-ring (bicyclic) bond motifs is 6. The fraction of sp³-hybridized carbons (Fsp3) is 0.579. The van der Waals surface area contributed by atoms with Gasteiger partial charge < -0.3 is 9.73 Å². The molecule has 0 amide bonds. The third kappa shape index (κ3) is 1.70. The van der Waals surface area contributed by atoms with Gasteiger partial charge in [-0.05, 0) is 69.3 Å². The second kappa shape index (κ2) is 4.59. The highest BCUT2D eigenvalue weighted by Crippen LogP contribution is 2.48. The minimum Gasteiger partial charge on any atom is -0.459 e. The van der Waals surface area contributed by atoms with Crippen LogP contribution in [0, 0.1) is 25.7 Å². The van der Waals surface area contributed by atoms with E-state index >= 15 is 0 Å². The molecule has 0 spiro atoms. The summed E-state index contributed by atoms with van der Waals surface area (Å²) in [6.45, 7) is 7.82. The van der Waals surface area contributed by atoms with E-state index in [1.165, 1.54) is 48.2 Å². The van der Waals surface area contributed by atoms with Gasteiger partial charge in [0.25, 0.3) is 0 Å². The van der Waals surface area contributed by atoms with E-state index in [-0.39, 0.29) is 0 Å². The first kappa shape index (κ1) is 13.1. The molecule has 3 fully saturated rings. The van der Waals surface area contributed by atoms with E-state index in [2.05, 4.69) is 42.3 Å². The molecule has 2 bridgehead atoms. The van der Waals surface area contributed by atoms with Crippen LogP contribution in [0.4, 0.5) is 0 Å². The van der Waals surface area contributed by atoms with E-state index in [0.29, 0.717) is 0 Å². The summed E-state index contributed by atoms with van der Waals surface area (Å²) in [4.78, 5) is 2.76. The maximum Gasteiger partial charge on any atom is 0.134 e. The number of hydrogen-bond donors (Lipinski definition) is 1. The van der Waals surface area contributed by atoms with Crippen molar-refractivity contribution in [3.05, 3.63) is 35.1 Å². The van der Waals surface area contributed by atoms with Crippen LogP contribution in [-0.2, 0) is 6.54 Å². The topological polar surface area (TPSA) is 28.4 Å². The first-order valence-electron chi connectivity index (χ1n) is 8.67. The zero-order valence-electron chi connectivity index (χ0n) is 13.4. The summed E-state index contributed by atoms with van der Waals surface area (Å²) in [5.74, 6) is 2.95. The third-order valence-electron chi connectivity index (χ3n) is 6.43. The lowest BCUT2D eigenvalue weighted by atomic mass is 9.82. The van der Waals surface area contributed by atoms with Gasteiger partial charge in [-0.3, -0.25) is 4.90 Å². The van der Waals surface area contributed by atoms with Gasteiger partial charge in [-0.25, -0.2) is 0 Å². The number of nitrogens with zero attached hydrogens (tertiary/aromatic N) is 1. The zero-order valence-corrected chi connectivity index (χ0v) is 13.4. The van der Waals surface area contributed by atoms with E-state index < -0.39 is 0 Å². The summed E-state index contributed by atoms with van der Waals surface area (Å²) in [5, 5.41) is 4.89. The molecular formula is C19H24N2O. The van der Waals surface area contributed by atoms with Gasteiger partial charge in [0.1, 0.15) is 11.3 Å². The maximum absolute atomic E-state index is 6.21. The molecule has 3 nitrogen and oxygen atoms in total. The molecule has 1 aromatic heterocycles. The lowest BCUT2D eigenvalue weighted by Gasteiger charge is -2.23. The fourth-order valence-electron chi connectivity index (χ4n) is 5.34. The van der Waals surface area contributed by atoms with Crippen LogP contribution in [0.25, 0.3) is 11.0 Å². The zero-order chi connectivity index (χ0) is 14.8. The number of benzene rings is 1. The van der Waals surface area contributed by atoms with Crippen molar-refractivity contribution in [3.63, 3.8) is 0 Å². The molecule has 3 aliphatic heterocycles. The van der Waals surface area contributed by atoms with Crippen LogP contribution in [0.3, 0.4) is 0 Å². The lowest BCUT2D eigenvalue weighted by Crippen LogP contribution is -2.33. The molecule has 0 radical (unpaired) electrons. The second-order valence-electron chi connectivity index (χ2n) is 7.52. The Morgan fingerprint density at radius 3 is 2.59 bits per heavy atom. The highest BCUT2D eigenvalue weighted by Gasteiger charge is 2.54. The van der Waals surface area contributed by atoms with Crippen LogP contribution < -0.4 is 5.32 Å². The van der Waals surface area contributed by atoms with Gasteiger partial charge in [-0.1, -0.05) is 11.6 Å². The summed E-state index contributed by atoms with van der Waals surface area (Å²) in [6.07, 6.45) is 2.76. The second-order valence-corrected chi connectivity index (χ2v) is 7.52. The summed E-state index contributed by atoms with van der Waals surface area (Å²) in [5.41, 5.74) is 3.70. The summed E-state index contributed by atoms with van der Waals surface area (Å²) in [7, 11) is 0. The number of aryl methyl sites for hydroxylation is 2. The smallest absolute Gasteiger partial charge is 0.134 e. The standard InChI is InChI=1S/C19H24N2O/c1-11-3-6-18-13(7-11)12(2)19(22-18)10-21-16-4-5-17(21)15-9-20-8-14(15)16/h3,6-7,14-17,20H,4-5,8-10H2,1-2H3. The first-order valence-corrected chi connectivity index (χ1v) is 8.67. The van der Waals surface area contributed by atoms with Gasteiger partial charge in [0.2, 0.25) is 0 Å². The average molecular weight is 296 g/mol. The number of hydrogen-bond acceptors (Lipinski definition) is 3. The van der Waals surface area contributed by atoms with E-state index in [4.69, 9.17) is 4.42 Å². The Kier molecular flexibility index (Phi) is 2.74. The predicted octanol–water partition coefficient (Wildman–Crippen LogP) is 3.23. The van der Waals surface area contributed by atoms with E-state index in [1.54, 1.807) is 0 Å². The molecule has 3 aliphatic rings. The molecule has 116 valence electrons. The Morgan fingerprint density at radius 2 is 1.86 bits per heavy atom. The van der Waals surface area contributed by atoms with E-state index in [0.717, 1.165) is 36.0 Å². The molecule has 22 heavy (non-hydrogen) atoms. The molecule has 0 aliphatic carbocycles. The number of furan rings is 1. The summed E-state index contributed by atoms with van der Waals surface area (Å²) < 4.78 is 6.21. The van der Waals surface area contributed by atoms with Crippen molar-refractivity contribution in [3.8, 4) is 0 Å². The van der Waals surface area contributed by atoms with Gasteiger partial charge in [-0.15, -0.1) is 0 Å². The SMILES string of the molecule is Cc1ccc2oc(CN3C4CCC3C3CNCC34)c(C)c2c1. The normalized spacial score (nSPS) is 33.9. The summed E-state index contributed by atoms with van der Waals surface area (Å²) in [6, 6.07) is 8.08. The van der Waals surface area contributed by atoms with Gasteiger partial charge in [-0.2, -0.15) is 0 Å². The number of nitrogens with one attached hydrogen (secondary N) is 1. The van der Waals surface area contributed by atoms with Gasteiger partial charge in [0.05, 0.1) is 6.54 Å². The van der Waals surface area contributed by atoms with Gasteiger partial charge in [0.15, 0.2) is 0 Å². The Morgan fingerprint density at radius 1 is 1.14 bits per heavy atom. The number of rotatable bonds is 2. The quantitative estimate of drug-likeness (QED) is 0.922. The van der Waals surface area contributed by atoms with Gasteiger partial charge in [0, 0.05) is 17.5 Å². The van der Waals surface area contributed by atoms with Crippen molar-refractivity contribution in [1.82, 2.24) is 10.2 Å². The molecule has 3 heteroatoms. The van der Waals surface area contributed by atoms with Crippen LogP contribution in [0.2, 0.25) is 0 Å². The third-order valence-corrected chi connectivity index (χ3v) is 6.43.